The van der Waals surface area contributed by atoms with Gasteiger partial charge in [-0.25, -0.2) is 9.97 Å². The number of aromatic nitrogens is 2. The van der Waals surface area contributed by atoms with Gasteiger partial charge in [-0.1, -0.05) is 42.1 Å². The van der Waals surface area contributed by atoms with Gasteiger partial charge in [0.1, 0.15) is 10.8 Å². The molecule has 0 atom stereocenters. The van der Waals surface area contributed by atoms with E-state index in [0.29, 0.717) is 11.4 Å². The van der Waals surface area contributed by atoms with Crippen molar-refractivity contribution in [1.29, 1.82) is 0 Å². The maximum atomic E-state index is 12.8. The highest BCUT2D eigenvalue weighted by Gasteiger charge is 2.27. The van der Waals surface area contributed by atoms with Crippen molar-refractivity contribution in [3.63, 3.8) is 0 Å². The number of piperidine rings is 1. The average molecular weight is 421 g/mol. The summed E-state index contributed by atoms with van der Waals surface area (Å²) in [7, 11) is 1.61. The third-order valence-electron chi connectivity index (χ3n) is 5.13. The van der Waals surface area contributed by atoms with Crippen LogP contribution in [0, 0.1) is 5.92 Å². The fourth-order valence-electron chi connectivity index (χ4n) is 3.54. The second-order valence-corrected chi connectivity index (χ2v) is 8.11. The first-order chi connectivity index (χ1) is 14.7. The van der Waals surface area contributed by atoms with Crippen LogP contribution in [0.1, 0.15) is 12.8 Å². The molecular formula is C23H24N4O2S. The molecule has 1 saturated heterocycles. The molecule has 1 aliphatic heterocycles. The molecule has 0 aliphatic carbocycles. The lowest BCUT2D eigenvalue weighted by Crippen LogP contribution is -2.39. The standard InChI is InChI=1S/C23H24N4O2S/c1-29-20-10-6-5-9-19(20)26-22(28)17-11-15-27(16-12-17)21-23(25-14-13-24-21)30-18-7-3-2-4-8-18/h2-10,13-14,17H,11-12,15-16H2,1H3,(H,26,28). The van der Waals surface area contributed by atoms with Crippen molar-refractivity contribution in [3.05, 3.63) is 67.0 Å². The number of nitrogens with zero attached hydrogens (tertiary/aromatic N) is 3. The molecule has 2 aromatic carbocycles. The van der Waals surface area contributed by atoms with E-state index < -0.39 is 0 Å². The summed E-state index contributed by atoms with van der Waals surface area (Å²) in [5, 5.41) is 3.90. The number of ether oxygens (including phenoxy) is 1. The van der Waals surface area contributed by atoms with Crippen LogP contribution in [0.15, 0.2) is 76.9 Å². The van der Waals surface area contributed by atoms with Gasteiger partial charge >= 0.3 is 0 Å². The van der Waals surface area contributed by atoms with Crippen molar-refractivity contribution in [3.8, 4) is 5.75 Å². The lowest BCUT2D eigenvalue weighted by Gasteiger charge is -2.32. The Labute approximate surface area is 180 Å². The largest absolute Gasteiger partial charge is 0.495 e. The van der Waals surface area contributed by atoms with E-state index in [1.807, 2.05) is 42.5 Å². The van der Waals surface area contributed by atoms with Crippen molar-refractivity contribution < 1.29 is 9.53 Å². The second kappa shape index (κ2) is 9.63. The number of hydrogen-bond acceptors (Lipinski definition) is 6. The van der Waals surface area contributed by atoms with E-state index in [0.717, 1.165) is 41.7 Å². The molecule has 0 spiro atoms. The lowest BCUT2D eigenvalue weighted by molar-refractivity contribution is -0.120. The number of nitrogens with one attached hydrogen (secondary N) is 1. The normalized spacial score (nSPS) is 14.4. The zero-order chi connectivity index (χ0) is 20.8. The molecule has 1 aromatic heterocycles. The first kappa shape index (κ1) is 20.2. The maximum Gasteiger partial charge on any atom is 0.227 e. The third kappa shape index (κ3) is 4.74. The van der Waals surface area contributed by atoms with Gasteiger partial charge in [0.25, 0.3) is 0 Å². The predicted octanol–water partition coefficient (Wildman–Crippen LogP) is 4.49. The summed E-state index contributed by atoms with van der Waals surface area (Å²) in [5.41, 5.74) is 0.711. The highest BCUT2D eigenvalue weighted by Crippen LogP contribution is 2.34. The highest BCUT2D eigenvalue weighted by molar-refractivity contribution is 7.99. The van der Waals surface area contributed by atoms with E-state index in [1.165, 1.54) is 0 Å². The fraction of sp³-hybridized carbons (Fsp3) is 0.261. The first-order valence-electron chi connectivity index (χ1n) is 9.97. The zero-order valence-corrected chi connectivity index (χ0v) is 17.6. The molecule has 1 amide bonds. The lowest BCUT2D eigenvalue weighted by atomic mass is 9.96. The monoisotopic (exact) mass is 420 g/mol. The van der Waals surface area contributed by atoms with E-state index in [2.05, 4.69) is 32.3 Å². The fourth-order valence-corrected chi connectivity index (χ4v) is 4.45. The van der Waals surface area contributed by atoms with Crippen molar-refractivity contribution in [2.45, 2.75) is 22.8 Å². The molecule has 0 unspecified atom stereocenters. The quantitative estimate of drug-likeness (QED) is 0.634. The Bertz CT molecular complexity index is 991. The summed E-state index contributed by atoms with van der Waals surface area (Å²) >= 11 is 1.61. The van der Waals surface area contributed by atoms with Crippen molar-refractivity contribution >= 4 is 29.2 Å². The molecule has 2 heterocycles. The Morgan fingerprint density at radius 3 is 2.50 bits per heavy atom. The van der Waals surface area contributed by atoms with E-state index in [9.17, 15) is 4.79 Å². The predicted molar refractivity (Wildman–Crippen MR) is 119 cm³/mol. The topological polar surface area (TPSA) is 67.3 Å². The molecule has 154 valence electrons. The number of benzene rings is 2. The Morgan fingerprint density at radius 2 is 1.73 bits per heavy atom. The van der Waals surface area contributed by atoms with Crippen LogP contribution < -0.4 is 15.0 Å². The second-order valence-electron chi connectivity index (χ2n) is 7.05. The summed E-state index contributed by atoms with van der Waals surface area (Å²) in [6, 6.07) is 17.7. The number of methoxy groups -OCH3 is 1. The molecule has 30 heavy (non-hydrogen) atoms. The van der Waals surface area contributed by atoms with Crippen LogP contribution in [0.25, 0.3) is 0 Å². The summed E-state index contributed by atoms with van der Waals surface area (Å²) in [6.07, 6.45) is 4.99. The summed E-state index contributed by atoms with van der Waals surface area (Å²) in [4.78, 5) is 25.3. The van der Waals surface area contributed by atoms with Gasteiger partial charge in [-0.15, -0.1) is 0 Å². The van der Waals surface area contributed by atoms with E-state index in [4.69, 9.17) is 4.74 Å². The van der Waals surface area contributed by atoms with Crippen LogP contribution in [0.5, 0.6) is 5.75 Å². The summed E-state index contributed by atoms with van der Waals surface area (Å²) in [6.45, 7) is 1.54. The van der Waals surface area contributed by atoms with Gasteiger partial charge in [0.05, 0.1) is 12.8 Å². The van der Waals surface area contributed by atoms with Gasteiger partial charge in [0, 0.05) is 36.3 Å². The van der Waals surface area contributed by atoms with E-state index in [-0.39, 0.29) is 11.8 Å². The maximum absolute atomic E-state index is 12.8. The molecule has 3 aromatic rings. The molecule has 6 nitrogen and oxygen atoms in total. The molecule has 4 rings (SSSR count). The average Bonchev–Trinajstić information content (AvgIpc) is 2.80. The van der Waals surface area contributed by atoms with Crippen LogP contribution in [0.3, 0.4) is 0 Å². The van der Waals surface area contributed by atoms with E-state index in [1.54, 1.807) is 31.3 Å². The number of amides is 1. The molecule has 0 radical (unpaired) electrons. The van der Waals surface area contributed by atoms with Crippen LogP contribution in [-0.2, 0) is 4.79 Å². The van der Waals surface area contributed by atoms with Crippen LogP contribution >= 0.6 is 11.8 Å². The highest BCUT2D eigenvalue weighted by atomic mass is 32.2. The molecule has 0 bridgehead atoms. The molecule has 1 aliphatic rings. The van der Waals surface area contributed by atoms with Gasteiger partial charge in [-0.2, -0.15) is 0 Å². The number of hydrogen-bond donors (Lipinski definition) is 1. The van der Waals surface area contributed by atoms with Crippen LogP contribution in [-0.4, -0.2) is 36.1 Å². The Balaban J connectivity index is 1.40. The molecule has 7 heteroatoms. The van der Waals surface area contributed by atoms with Crippen molar-refractivity contribution in [1.82, 2.24) is 9.97 Å². The SMILES string of the molecule is COc1ccccc1NC(=O)C1CCN(c2nccnc2Sc2ccccc2)CC1. The molecule has 1 fully saturated rings. The molecule has 1 N–H and O–H groups in total. The van der Waals surface area contributed by atoms with Gasteiger partial charge < -0.3 is 15.0 Å². The third-order valence-corrected chi connectivity index (χ3v) is 6.12. The minimum absolute atomic E-state index is 0.0342. The Morgan fingerprint density at radius 1 is 1.03 bits per heavy atom. The van der Waals surface area contributed by atoms with Crippen molar-refractivity contribution in [2.24, 2.45) is 5.92 Å². The van der Waals surface area contributed by atoms with Crippen LogP contribution in [0.2, 0.25) is 0 Å². The van der Waals surface area contributed by atoms with Gasteiger partial charge in [0.2, 0.25) is 5.91 Å². The Hall–Kier alpha value is -3.06. The number of anilines is 2. The first-order valence-corrected chi connectivity index (χ1v) is 10.8. The van der Waals surface area contributed by atoms with Crippen LogP contribution in [0.4, 0.5) is 11.5 Å². The Kier molecular flexibility index (Phi) is 6.49. The number of carbonyl (C=O) groups excluding carboxylic acids is 1. The number of carbonyl (C=O) groups is 1. The minimum atomic E-state index is -0.0342. The summed E-state index contributed by atoms with van der Waals surface area (Å²) < 4.78 is 5.33. The minimum Gasteiger partial charge on any atom is -0.495 e. The van der Waals surface area contributed by atoms with Gasteiger partial charge in [-0.05, 0) is 37.1 Å². The zero-order valence-electron chi connectivity index (χ0n) is 16.8. The summed E-state index contributed by atoms with van der Waals surface area (Å²) in [5.74, 6) is 1.56. The number of para-hydroxylation sites is 2. The number of rotatable bonds is 6. The molecular weight excluding hydrogens is 396 g/mol. The van der Waals surface area contributed by atoms with E-state index >= 15 is 0 Å². The van der Waals surface area contributed by atoms with Gasteiger partial charge in [0.15, 0.2) is 5.82 Å². The van der Waals surface area contributed by atoms with Gasteiger partial charge in [-0.3, -0.25) is 4.79 Å². The smallest absolute Gasteiger partial charge is 0.227 e. The molecule has 0 saturated carbocycles. The van der Waals surface area contributed by atoms with Crippen molar-refractivity contribution in [2.75, 3.05) is 30.4 Å².